The van der Waals surface area contributed by atoms with Crippen LogP contribution in [0.5, 0.6) is 11.5 Å². The normalized spacial score (nSPS) is 19.7. The second-order valence-corrected chi connectivity index (χ2v) is 18.1. The molecule has 4 aromatic rings. The lowest BCUT2D eigenvalue weighted by molar-refractivity contribution is -0.0203. The van der Waals surface area contributed by atoms with Gasteiger partial charge in [0.1, 0.15) is 35.1 Å². The van der Waals surface area contributed by atoms with E-state index in [1.54, 1.807) is 14.2 Å². The summed E-state index contributed by atoms with van der Waals surface area (Å²) in [6, 6.07) is 10.3. The molecule has 312 valence electrons. The lowest BCUT2D eigenvalue weighted by Gasteiger charge is -2.60. The second-order valence-electron chi connectivity index (χ2n) is 14.7. The molecule has 57 heavy (non-hydrogen) atoms. The minimum absolute atomic E-state index is 0.0839. The Hall–Kier alpha value is -3.77. The highest BCUT2D eigenvalue weighted by Gasteiger charge is 2.56. The number of rotatable bonds is 11. The van der Waals surface area contributed by atoms with Crippen LogP contribution in [0.2, 0.25) is 5.15 Å². The summed E-state index contributed by atoms with van der Waals surface area (Å²) in [6.45, 7) is 1.41. The van der Waals surface area contributed by atoms with Crippen molar-refractivity contribution in [3.63, 3.8) is 0 Å². The predicted molar refractivity (Wildman–Crippen MR) is 205 cm³/mol. The summed E-state index contributed by atoms with van der Waals surface area (Å²) in [5.74, 6) is 2.28. The van der Waals surface area contributed by atoms with Crippen molar-refractivity contribution < 1.29 is 43.9 Å². The number of nitrogens with zero attached hydrogens (tertiary/aromatic N) is 7. The maximum absolute atomic E-state index is 12.7. The Bertz CT molecular complexity index is 2280. The number of nitrogens with two attached hydrogens (primary N) is 2. The average Bonchev–Trinajstić information content (AvgIpc) is 3.07. The molecule has 5 N–H and O–H groups in total. The zero-order valence-electron chi connectivity index (χ0n) is 30.9. The van der Waals surface area contributed by atoms with E-state index in [1.807, 2.05) is 36.4 Å². The lowest BCUT2D eigenvalue weighted by Crippen LogP contribution is -2.68. The summed E-state index contributed by atoms with van der Waals surface area (Å²) in [5, 5.41) is 15.4. The summed E-state index contributed by atoms with van der Waals surface area (Å²) < 4.78 is 107. The van der Waals surface area contributed by atoms with Gasteiger partial charge in [0, 0.05) is 66.6 Å². The molecule has 2 aromatic carbocycles. The fourth-order valence-corrected chi connectivity index (χ4v) is 9.93. The zero-order chi connectivity index (χ0) is 41.3. The van der Waals surface area contributed by atoms with Crippen LogP contribution >= 0.6 is 11.6 Å². The standard InChI is InChI=1S/C17H21F2N5O3S.C9H7ClN2O.C8H15F2N3O2S/c1-27-12-2-3-13-14(4-12)21-10-22-16(13)23-8-17(9-23)5-11(6-17)24(7-15(18)19)28(20,25)26;1-13-6-2-3-7-8(4-6)11-5-12-9(7)10;9-7(10)3-13(16(11,14)15)6-1-8(2-6)4-12-5-8/h2-4,10-11,15H,5-9H2,1H3,(H2,20,25,26);2-5H,1H3;6-7,12H,1-5H2,(H2,11,14,15). The number of alkyl halides is 4. The van der Waals surface area contributed by atoms with Gasteiger partial charge in [0.05, 0.1) is 38.3 Å². The van der Waals surface area contributed by atoms with Crippen molar-refractivity contribution in [1.82, 2.24) is 33.9 Å². The van der Waals surface area contributed by atoms with E-state index in [0.29, 0.717) is 49.7 Å². The Morgan fingerprint density at radius 1 is 0.772 bits per heavy atom. The largest absolute Gasteiger partial charge is 0.497 e. The molecule has 0 amide bonds. The Balaban J connectivity index is 0.000000160. The van der Waals surface area contributed by atoms with Crippen LogP contribution in [-0.2, 0) is 20.4 Å². The van der Waals surface area contributed by atoms with Crippen LogP contribution in [0.25, 0.3) is 21.8 Å². The van der Waals surface area contributed by atoms with Gasteiger partial charge in [0.2, 0.25) is 0 Å². The summed E-state index contributed by atoms with van der Waals surface area (Å²) >= 11 is 5.86. The number of hydrogen-bond acceptors (Lipinski definition) is 12. The van der Waals surface area contributed by atoms with Gasteiger partial charge in [-0.1, -0.05) is 11.6 Å². The number of fused-ring (bicyclic) bond motifs is 2. The molecular weight excluding hydrogens is 820 g/mol. The molecule has 0 radical (unpaired) electrons. The van der Waals surface area contributed by atoms with E-state index in [-0.39, 0.29) is 16.9 Å². The molecule has 0 unspecified atom stereocenters. The Labute approximate surface area is 332 Å². The average molecular weight is 863 g/mol. The minimum atomic E-state index is -4.15. The molecule has 4 aliphatic rings. The van der Waals surface area contributed by atoms with Crippen LogP contribution in [0.3, 0.4) is 0 Å². The summed E-state index contributed by atoms with van der Waals surface area (Å²) in [6.07, 6.45) is -0.216. The van der Waals surface area contributed by atoms with Crippen molar-refractivity contribution in [2.75, 3.05) is 58.4 Å². The van der Waals surface area contributed by atoms with Crippen LogP contribution < -0.4 is 30.0 Å². The third-order valence-corrected chi connectivity index (χ3v) is 13.3. The van der Waals surface area contributed by atoms with Gasteiger partial charge in [0.25, 0.3) is 33.3 Å². The Kier molecular flexibility index (Phi) is 12.7. The van der Waals surface area contributed by atoms with Gasteiger partial charge in [-0.2, -0.15) is 25.4 Å². The van der Waals surface area contributed by atoms with Gasteiger partial charge in [0.15, 0.2) is 0 Å². The molecule has 2 aromatic heterocycles. The third kappa shape index (κ3) is 9.75. The van der Waals surface area contributed by atoms with Crippen molar-refractivity contribution in [2.24, 2.45) is 21.1 Å². The van der Waals surface area contributed by atoms with E-state index < -0.39 is 52.4 Å². The fourth-order valence-electron chi connectivity index (χ4n) is 7.95. The molecule has 4 heterocycles. The van der Waals surface area contributed by atoms with Gasteiger partial charge in [-0.3, -0.25) is 0 Å². The highest BCUT2D eigenvalue weighted by molar-refractivity contribution is 7.87. The fraction of sp³-hybridized carbons (Fsp3) is 0.529. The van der Waals surface area contributed by atoms with Gasteiger partial charge in [-0.15, -0.1) is 0 Å². The summed E-state index contributed by atoms with van der Waals surface area (Å²) in [5.41, 5.74) is 1.61. The highest BCUT2D eigenvalue weighted by Crippen LogP contribution is 2.52. The van der Waals surface area contributed by atoms with Crippen LogP contribution in [0.15, 0.2) is 49.1 Å². The van der Waals surface area contributed by atoms with E-state index in [0.717, 1.165) is 55.1 Å². The Morgan fingerprint density at radius 2 is 1.23 bits per heavy atom. The van der Waals surface area contributed by atoms with Crippen LogP contribution in [0.1, 0.15) is 25.7 Å². The number of benzene rings is 2. The van der Waals surface area contributed by atoms with Crippen molar-refractivity contribution in [3.8, 4) is 11.5 Å². The van der Waals surface area contributed by atoms with Gasteiger partial charge < -0.3 is 19.7 Å². The lowest BCUT2D eigenvalue weighted by atomic mass is 9.60. The van der Waals surface area contributed by atoms with E-state index in [4.69, 9.17) is 31.4 Å². The van der Waals surface area contributed by atoms with Crippen molar-refractivity contribution in [1.29, 1.82) is 0 Å². The first-order valence-electron chi connectivity index (χ1n) is 17.7. The van der Waals surface area contributed by atoms with E-state index in [2.05, 4.69) is 30.2 Å². The van der Waals surface area contributed by atoms with E-state index >= 15 is 0 Å². The first-order chi connectivity index (χ1) is 26.8. The number of nitrogens with one attached hydrogen (secondary N) is 1. The maximum atomic E-state index is 12.7. The van der Waals surface area contributed by atoms with E-state index in [9.17, 15) is 34.4 Å². The molecule has 2 saturated heterocycles. The van der Waals surface area contributed by atoms with Crippen LogP contribution in [-0.4, -0.2) is 124 Å². The van der Waals surface area contributed by atoms with Crippen molar-refractivity contribution in [3.05, 3.63) is 54.2 Å². The topological polar surface area (TPSA) is 212 Å². The number of anilines is 1. The SMILES string of the molecule is COc1ccc2c(Cl)ncnc2c1.COc1ccc2c(N3CC4(CC(N(CC(F)F)S(N)(=O)=O)C4)C3)ncnc2c1.NS(=O)(=O)N(CC(F)F)C1CC2(CNC2)C1. The third-order valence-electron chi connectivity index (χ3n) is 10.7. The van der Waals surface area contributed by atoms with Crippen LogP contribution in [0, 0.1) is 10.8 Å². The molecular formula is C34H43ClF4N10O6S2. The second kappa shape index (κ2) is 16.8. The highest BCUT2D eigenvalue weighted by atomic mass is 35.5. The molecule has 2 aliphatic heterocycles. The van der Waals surface area contributed by atoms with Gasteiger partial charge >= 0.3 is 0 Å². The molecule has 8 rings (SSSR count). The molecule has 0 bridgehead atoms. The van der Waals surface area contributed by atoms with Crippen LogP contribution in [0.4, 0.5) is 23.4 Å². The molecule has 0 atom stereocenters. The minimum Gasteiger partial charge on any atom is -0.497 e. The number of methoxy groups -OCH3 is 2. The first kappa shape index (κ1) is 42.8. The quantitative estimate of drug-likeness (QED) is 0.147. The molecule has 2 aliphatic carbocycles. The number of hydrogen-bond donors (Lipinski definition) is 3. The number of ether oxygens (including phenoxy) is 2. The maximum Gasteiger partial charge on any atom is 0.277 e. The molecule has 4 fully saturated rings. The number of halogens is 5. The molecule has 2 spiro atoms. The summed E-state index contributed by atoms with van der Waals surface area (Å²) in [7, 11) is -4.96. The van der Waals surface area contributed by atoms with Crippen molar-refractivity contribution in [2.45, 2.75) is 50.6 Å². The molecule has 16 nitrogen and oxygen atoms in total. The molecule has 23 heteroatoms. The smallest absolute Gasteiger partial charge is 0.277 e. The summed E-state index contributed by atoms with van der Waals surface area (Å²) in [4.78, 5) is 18.7. The van der Waals surface area contributed by atoms with E-state index in [1.165, 1.54) is 12.7 Å². The monoisotopic (exact) mass is 862 g/mol. The van der Waals surface area contributed by atoms with Gasteiger partial charge in [-0.25, -0.2) is 47.8 Å². The zero-order valence-corrected chi connectivity index (χ0v) is 33.3. The van der Waals surface area contributed by atoms with Gasteiger partial charge in [-0.05, 0) is 55.4 Å². The Morgan fingerprint density at radius 3 is 1.67 bits per heavy atom. The molecule has 2 saturated carbocycles. The van der Waals surface area contributed by atoms with Crippen molar-refractivity contribution >= 4 is 59.6 Å². The predicted octanol–water partition coefficient (Wildman–Crippen LogP) is 3.18. The first-order valence-corrected chi connectivity index (χ1v) is 21.1. The number of aromatic nitrogens is 4.